The summed E-state index contributed by atoms with van der Waals surface area (Å²) in [6.07, 6.45) is 5.46. The summed E-state index contributed by atoms with van der Waals surface area (Å²) in [6, 6.07) is 14.2. The van der Waals surface area contributed by atoms with Gasteiger partial charge in [0.05, 0.1) is 18.6 Å². The zero-order chi connectivity index (χ0) is 21.3. The number of aryl methyl sites for hydroxylation is 1. The number of para-hydroxylation sites is 2. The van der Waals surface area contributed by atoms with Gasteiger partial charge in [-0.3, -0.25) is 9.59 Å². The van der Waals surface area contributed by atoms with E-state index < -0.39 is 0 Å². The molecule has 30 heavy (non-hydrogen) atoms. The summed E-state index contributed by atoms with van der Waals surface area (Å²) in [4.78, 5) is 28.9. The van der Waals surface area contributed by atoms with Gasteiger partial charge in [-0.05, 0) is 36.2 Å². The predicted molar refractivity (Wildman–Crippen MR) is 117 cm³/mol. The highest BCUT2D eigenvalue weighted by molar-refractivity contribution is 6.06. The van der Waals surface area contributed by atoms with Crippen LogP contribution in [0.5, 0.6) is 5.75 Å². The van der Waals surface area contributed by atoms with Crippen LogP contribution in [-0.2, 0) is 11.3 Å². The molecule has 7 heteroatoms. The molecule has 0 spiro atoms. The van der Waals surface area contributed by atoms with Crippen molar-refractivity contribution in [2.45, 2.75) is 26.8 Å². The Hall–Kier alpha value is -3.61. The van der Waals surface area contributed by atoms with E-state index in [0.717, 1.165) is 0 Å². The van der Waals surface area contributed by atoms with Crippen LogP contribution in [0.3, 0.4) is 0 Å². The molecule has 7 nitrogen and oxygen atoms in total. The molecule has 3 rings (SSSR count). The van der Waals surface area contributed by atoms with Crippen LogP contribution in [0.2, 0.25) is 0 Å². The number of anilines is 2. The first-order chi connectivity index (χ1) is 14.5. The molecule has 2 aromatic carbocycles. The average Bonchev–Trinajstić information content (AvgIpc) is 3.25. The van der Waals surface area contributed by atoms with Crippen LogP contribution >= 0.6 is 0 Å². The van der Waals surface area contributed by atoms with Crippen molar-refractivity contribution in [1.29, 1.82) is 0 Å². The van der Waals surface area contributed by atoms with E-state index in [1.807, 2.05) is 22.8 Å². The maximum atomic E-state index is 12.7. The van der Waals surface area contributed by atoms with Gasteiger partial charge >= 0.3 is 0 Å². The minimum absolute atomic E-state index is 0.131. The molecule has 3 aromatic rings. The number of nitrogens with zero attached hydrogens (tertiary/aromatic N) is 2. The van der Waals surface area contributed by atoms with E-state index in [-0.39, 0.29) is 11.8 Å². The fourth-order valence-corrected chi connectivity index (χ4v) is 2.76. The normalized spacial score (nSPS) is 10.6. The maximum absolute atomic E-state index is 12.7. The number of hydrogen-bond donors (Lipinski definition) is 2. The smallest absolute Gasteiger partial charge is 0.255 e. The van der Waals surface area contributed by atoms with Crippen molar-refractivity contribution in [3.63, 3.8) is 0 Å². The van der Waals surface area contributed by atoms with E-state index in [1.165, 1.54) is 0 Å². The molecular weight excluding hydrogens is 380 g/mol. The molecule has 0 aliphatic rings. The Balaban J connectivity index is 1.61. The lowest BCUT2D eigenvalue weighted by Gasteiger charge is -2.14. The molecule has 0 radical (unpaired) electrons. The van der Waals surface area contributed by atoms with E-state index >= 15 is 0 Å². The second kappa shape index (κ2) is 10.2. The third-order valence-electron chi connectivity index (χ3n) is 4.27. The van der Waals surface area contributed by atoms with Crippen molar-refractivity contribution < 1.29 is 14.3 Å². The Kier molecular flexibility index (Phi) is 7.21. The number of carbonyl (C=O) groups excluding carboxylic acids is 2. The molecule has 0 unspecified atom stereocenters. The van der Waals surface area contributed by atoms with Gasteiger partial charge in [-0.15, -0.1) is 0 Å². The Morgan fingerprint density at radius 2 is 1.93 bits per heavy atom. The first-order valence-corrected chi connectivity index (χ1v) is 9.90. The molecule has 0 saturated heterocycles. The van der Waals surface area contributed by atoms with Gasteiger partial charge in [0.2, 0.25) is 5.91 Å². The lowest BCUT2D eigenvalue weighted by atomic mass is 10.1. The minimum atomic E-state index is -0.273. The van der Waals surface area contributed by atoms with Crippen LogP contribution in [0.4, 0.5) is 11.4 Å². The molecule has 0 fully saturated rings. The summed E-state index contributed by atoms with van der Waals surface area (Å²) in [7, 11) is 0. The Labute approximate surface area is 176 Å². The number of imidazole rings is 1. The van der Waals surface area contributed by atoms with E-state index in [0.29, 0.717) is 48.2 Å². The van der Waals surface area contributed by atoms with Crippen LogP contribution in [-0.4, -0.2) is 28.0 Å². The molecule has 1 aromatic heterocycles. The Bertz CT molecular complexity index is 984. The second-order valence-corrected chi connectivity index (χ2v) is 7.33. The highest BCUT2D eigenvalue weighted by Crippen LogP contribution is 2.25. The van der Waals surface area contributed by atoms with Gasteiger partial charge in [-0.25, -0.2) is 4.98 Å². The van der Waals surface area contributed by atoms with Crippen molar-refractivity contribution in [1.82, 2.24) is 9.55 Å². The van der Waals surface area contributed by atoms with Crippen molar-refractivity contribution in [2.24, 2.45) is 5.92 Å². The predicted octanol–water partition coefficient (Wildman–Crippen LogP) is 4.20. The molecule has 2 amide bonds. The van der Waals surface area contributed by atoms with Crippen LogP contribution in [0.15, 0.2) is 67.3 Å². The van der Waals surface area contributed by atoms with Crippen LogP contribution in [0.1, 0.15) is 30.6 Å². The number of ether oxygens (including phenoxy) is 1. The summed E-state index contributed by atoms with van der Waals surface area (Å²) in [5.41, 5.74) is 1.63. The molecule has 0 aliphatic carbocycles. The monoisotopic (exact) mass is 406 g/mol. The third-order valence-corrected chi connectivity index (χ3v) is 4.27. The first-order valence-electron chi connectivity index (χ1n) is 9.90. The molecule has 0 atom stereocenters. The zero-order valence-corrected chi connectivity index (χ0v) is 17.2. The number of aromatic nitrogens is 2. The standard InChI is InChI=1S/C23H26N4O3/c1-17(2)15-30-21-9-4-3-8-20(21)26-23(29)18-6-5-7-19(14-18)25-22(28)10-12-27-13-11-24-16-27/h3-9,11,13-14,16-17H,10,12,15H2,1-2H3,(H,25,28)(H,26,29). The van der Waals surface area contributed by atoms with Gasteiger partial charge in [-0.1, -0.05) is 32.0 Å². The molecule has 0 aliphatic heterocycles. The van der Waals surface area contributed by atoms with Crippen molar-refractivity contribution >= 4 is 23.2 Å². The number of rotatable bonds is 9. The molecule has 2 N–H and O–H groups in total. The lowest BCUT2D eigenvalue weighted by Crippen LogP contribution is -2.16. The fourth-order valence-electron chi connectivity index (χ4n) is 2.76. The van der Waals surface area contributed by atoms with Crippen molar-refractivity contribution in [2.75, 3.05) is 17.2 Å². The van der Waals surface area contributed by atoms with Gasteiger partial charge in [-0.2, -0.15) is 0 Å². The second-order valence-electron chi connectivity index (χ2n) is 7.33. The number of hydrogen-bond acceptors (Lipinski definition) is 4. The molecule has 0 bridgehead atoms. The maximum Gasteiger partial charge on any atom is 0.255 e. The fraction of sp³-hybridized carbons (Fsp3) is 0.261. The van der Waals surface area contributed by atoms with Gasteiger partial charge < -0.3 is 19.9 Å². The minimum Gasteiger partial charge on any atom is -0.491 e. The van der Waals surface area contributed by atoms with Gasteiger partial charge in [0.15, 0.2) is 0 Å². The van der Waals surface area contributed by atoms with E-state index in [4.69, 9.17) is 4.74 Å². The van der Waals surface area contributed by atoms with E-state index in [1.54, 1.807) is 49.1 Å². The van der Waals surface area contributed by atoms with Gasteiger partial charge in [0.1, 0.15) is 5.75 Å². The SMILES string of the molecule is CC(C)COc1ccccc1NC(=O)c1cccc(NC(=O)CCn2ccnc2)c1. The number of amides is 2. The van der Waals surface area contributed by atoms with E-state index in [2.05, 4.69) is 29.5 Å². The molecule has 1 heterocycles. The number of carbonyl (C=O) groups is 2. The number of benzene rings is 2. The third kappa shape index (κ3) is 6.20. The van der Waals surface area contributed by atoms with Crippen LogP contribution < -0.4 is 15.4 Å². The quantitative estimate of drug-likeness (QED) is 0.558. The summed E-state index contributed by atoms with van der Waals surface area (Å²) in [6.45, 7) is 5.24. The summed E-state index contributed by atoms with van der Waals surface area (Å²) < 4.78 is 7.63. The highest BCUT2D eigenvalue weighted by Gasteiger charge is 2.12. The number of nitrogens with one attached hydrogen (secondary N) is 2. The zero-order valence-electron chi connectivity index (χ0n) is 17.2. The summed E-state index contributed by atoms with van der Waals surface area (Å²) in [5, 5.41) is 5.72. The van der Waals surface area contributed by atoms with Crippen molar-refractivity contribution in [3.8, 4) is 5.75 Å². The first kappa shape index (κ1) is 21.1. The summed E-state index contributed by atoms with van der Waals surface area (Å²) in [5.74, 6) is 0.602. The Morgan fingerprint density at radius 1 is 1.10 bits per heavy atom. The lowest BCUT2D eigenvalue weighted by molar-refractivity contribution is -0.116. The largest absolute Gasteiger partial charge is 0.491 e. The molecule has 0 saturated carbocycles. The van der Waals surface area contributed by atoms with Gasteiger partial charge in [0, 0.05) is 36.6 Å². The molecule has 156 valence electrons. The van der Waals surface area contributed by atoms with Crippen molar-refractivity contribution in [3.05, 3.63) is 72.8 Å². The molecular formula is C23H26N4O3. The Morgan fingerprint density at radius 3 is 2.70 bits per heavy atom. The summed E-state index contributed by atoms with van der Waals surface area (Å²) >= 11 is 0. The van der Waals surface area contributed by atoms with Crippen LogP contribution in [0, 0.1) is 5.92 Å². The van der Waals surface area contributed by atoms with Gasteiger partial charge in [0.25, 0.3) is 5.91 Å². The topological polar surface area (TPSA) is 85.3 Å². The van der Waals surface area contributed by atoms with E-state index in [9.17, 15) is 9.59 Å². The average molecular weight is 406 g/mol. The highest BCUT2D eigenvalue weighted by atomic mass is 16.5. The van der Waals surface area contributed by atoms with Crippen LogP contribution in [0.25, 0.3) is 0 Å².